The molecule has 1 aliphatic heterocycles. The van der Waals surface area contributed by atoms with Crippen molar-refractivity contribution >= 4 is 18.3 Å². The molecule has 23 heavy (non-hydrogen) atoms. The van der Waals surface area contributed by atoms with Gasteiger partial charge < -0.3 is 10.6 Å². The van der Waals surface area contributed by atoms with Crippen molar-refractivity contribution in [2.75, 3.05) is 13.1 Å². The Balaban J connectivity index is 0.00000264. The Labute approximate surface area is 138 Å². The number of halogens is 5. The quantitative estimate of drug-likeness (QED) is 0.817. The van der Waals surface area contributed by atoms with Crippen LogP contribution in [0.25, 0.3) is 0 Å². The van der Waals surface area contributed by atoms with Crippen molar-refractivity contribution in [3.8, 4) is 0 Å². The lowest BCUT2D eigenvalue weighted by atomic mass is 9.92. The van der Waals surface area contributed by atoms with E-state index in [1.165, 1.54) is 0 Å². The van der Waals surface area contributed by atoms with Crippen molar-refractivity contribution in [2.24, 2.45) is 5.92 Å². The Morgan fingerprint density at radius 1 is 1.39 bits per heavy atom. The van der Waals surface area contributed by atoms with Crippen molar-refractivity contribution in [2.45, 2.75) is 32.0 Å². The van der Waals surface area contributed by atoms with E-state index >= 15 is 0 Å². The molecule has 1 aromatic rings. The van der Waals surface area contributed by atoms with Gasteiger partial charge in [-0.3, -0.25) is 4.79 Å². The van der Waals surface area contributed by atoms with Crippen molar-refractivity contribution < 1.29 is 22.4 Å². The zero-order chi connectivity index (χ0) is 16.3. The van der Waals surface area contributed by atoms with Gasteiger partial charge in [0.05, 0.1) is 11.1 Å². The first-order chi connectivity index (χ1) is 10.3. The van der Waals surface area contributed by atoms with Crippen LogP contribution in [0.15, 0.2) is 18.2 Å². The first-order valence-electron chi connectivity index (χ1n) is 7.18. The fourth-order valence-electron chi connectivity index (χ4n) is 2.63. The summed E-state index contributed by atoms with van der Waals surface area (Å²) < 4.78 is 51.9. The molecule has 0 saturated carbocycles. The van der Waals surface area contributed by atoms with E-state index in [1.807, 2.05) is 0 Å². The highest BCUT2D eigenvalue weighted by molar-refractivity contribution is 5.94. The second-order valence-corrected chi connectivity index (χ2v) is 5.53. The van der Waals surface area contributed by atoms with Crippen LogP contribution in [0.1, 0.15) is 35.7 Å². The molecular formula is C15H19ClF4N2O. The van der Waals surface area contributed by atoms with Crippen LogP contribution in [-0.4, -0.2) is 25.0 Å². The maximum absolute atomic E-state index is 13.9. The van der Waals surface area contributed by atoms with Crippen LogP contribution in [0.5, 0.6) is 0 Å². The van der Waals surface area contributed by atoms with Crippen LogP contribution >= 0.6 is 12.4 Å². The SMILES string of the molecule is CC(NC(=O)c1cccc(C(F)(F)F)c1F)C1CCCNC1.Cl. The van der Waals surface area contributed by atoms with E-state index in [-0.39, 0.29) is 24.4 Å². The van der Waals surface area contributed by atoms with Crippen LogP contribution in [0.2, 0.25) is 0 Å². The molecule has 2 unspecified atom stereocenters. The molecule has 2 atom stereocenters. The third-order valence-corrected chi connectivity index (χ3v) is 3.95. The van der Waals surface area contributed by atoms with Gasteiger partial charge in [-0.2, -0.15) is 13.2 Å². The maximum Gasteiger partial charge on any atom is 0.419 e. The van der Waals surface area contributed by atoms with E-state index in [9.17, 15) is 22.4 Å². The zero-order valence-corrected chi connectivity index (χ0v) is 13.4. The Bertz CT molecular complexity index is 545. The molecule has 2 rings (SSSR count). The van der Waals surface area contributed by atoms with E-state index < -0.39 is 29.0 Å². The van der Waals surface area contributed by atoms with Crippen molar-refractivity contribution in [1.29, 1.82) is 0 Å². The minimum absolute atomic E-state index is 0. The standard InChI is InChI=1S/C15H18F4N2O.ClH/c1-9(10-4-3-7-20-8-10)21-14(22)11-5-2-6-12(13(11)16)15(17,18)19;/h2,5-6,9-10,20H,3-4,7-8H2,1H3,(H,21,22);1H. The predicted octanol–water partition coefficient (Wildman–Crippen LogP) is 3.38. The summed E-state index contributed by atoms with van der Waals surface area (Å²) in [7, 11) is 0. The summed E-state index contributed by atoms with van der Waals surface area (Å²) in [4.78, 5) is 12.1. The average molecular weight is 355 g/mol. The molecular weight excluding hydrogens is 336 g/mol. The summed E-state index contributed by atoms with van der Waals surface area (Å²) >= 11 is 0. The Hall–Kier alpha value is -1.34. The number of amides is 1. The number of nitrogens with one attached hydrogen (secondary N) is 2. The van der Waals surface area contributed by atoms with Crippen LogP contribution in [0.3, 0.4) is 0 Å². The van der Waals surface area contributed by atoms with E-state index in [4.69, 9.17) is 0 Å². The minimum Gasteiger partial charge on any atom is -0.349 e. The van der Waals surface area contributed by atoms with E-state index in [2.05, 4.69) is 10.6 Å². The third-order valence-electron chi connectivity index (χ3n) is 3.95. The molecule has 1 saturated heterocycles. The maximum atomic E-state index is 13.9. The molecule has 1 aromatic carbocycles. The molecule has 0 aliphatic carbocycles. The van der Waals surface area contributed by atoms with Gasteiger partial charge in [0, 0.05) is 6.04 Å². The Morgan fingerprint density at radius 2 is 2.09 bits per heavy atom. The van der Waals surface area contributed by atoms with Gasteiger partial charge in [0.2, 0.25) is 0 Å². The third kappa shape index (κ3) is 4.81. The largest absolute Gasteiger partial charge is 0.419 e. The summed E-state index contributed by atoms with van der Waals surface area (Å²) in [5, 5.41) is 5.79. The highest BCUT2D eigenvalue weighted by atomic mass is 35.5. The van der Waals surface area contributed by atoms with Crippen molar-refractivity contribution in [3.05, 3.63) is 35.1 Å². The number of hydrogen-bond acceptors (Lipinski definition) is 2. The fourth-order valence-corrected chi connectivity index (χ4v) is 2.63. The average Bonchev–Trinajstić information content (AvgIpc) is 2.47. The molecule has 8 heteroatoms. The monoisotopic (exact) mass is 354 g/mol. The zero-order valence-electron chi connectivity index (χ0n) is 12.5. The molecule has 3 nitrogen and oxygen atoms in total. The molecule has 0 bridgehead atoms. The molecule has 0 aromatic heterocycles. The van der Waals surface area contributed by atoms with Gasteiger partial charge >= 0.3 is 6.18 Å². The second-order valence-electron chi connectivity index (χ2n) is 5.53. The Kier molecular flexibility index (Phi) is 6.83. The lowest BCUT2D eigenvalue weighted by Crippen LogP contribution is -2.44. The van der Waals surface area contributed by atoms with Crippen LogP contribution < -0.4 is 10.6 Å². The summed E-state index contributed by atoms with van der Waals surface area (Å²) in [6.07, 6.45) is -2.93. The number of hydrogen-bond donors (Lipinski definition) is 2. The summed E-state index contributed by atoms with van der Waals surface area (Å²) in [5.74, 6) is -2.16. The highest BCUT2D eigenvalue weighted by Gasteiger charge is 2.36. The van der Waals surface area contributed by atoms with Gasteiger partial charge in [0.15, 0.2) is 0 Å². The lowest BCUT2D eigenvalue weighted by Gasteiger charge is -2.29. The molecule has 130 valence electrons. The highest BCUT2D eigenvalue weighted by Crippen LogP contribution is 2.32. The summed E-state index contributed by atoms with van der Waals surface area (Å²) in [6, 6.07) is 2.48. The summed E-state index contributed by atoms with van der Waals surface area (Å²) in [5.41, 5.74) is -2.00. The number of piperidine rings is 1. The molecule has 2 N–H and O–H groups in total. The normalized spacial score (nSPS) is 19.6. The van der Waals surface area contributed by atoms with E-state index in [1.54, 1.807) is 6.92 Å². The summed E-state index contributed by atoms with van der Waals surface area (Å²) in [6.45, 7) is 3.42. The molecule has 1 fully saturated rings. The van der Waals surface area contributed by atoms with Crippen LogP contribution in [0, 0.1) is 11.7 Å². The van der Waals surface area contributed by atoms with Crippen LogP contribution in [-0.2, 0) is 6.18 Å². The van der Waals surface area contributed by atoms with E-state index in [0.717, 1.165) is 38.1 Å². The van der Waals surface area contributed by atoms with E-state index in [0.29, 0.717) is 6.07 Å². The van der Waals surface area contributed by atoms with Gasteiger partial charge in [-0.1, -0.05) is 6.07 Å². The van der Waals surface area contributed by atoms with Crippen molar-refractivity contribution in [3.63, 3.8) is 0 Å². The number of carbonyl (C=O) groups excluding carboxylic acids is 1. The molecule has 1 aliphatic rings. The Morgan fingerprint density at radius 3 is 2.65 bits per heavy atom. The minimum atomic E-state index is -4.82. The van der Waals surface area contributed by atoms with Gasteiger partial charge in [-0.25, -0.2) is 4.39 Å². The number of carbonyl (C=O) groups is 1. The van der Waals surface area contributed by atoms with Gasteiger partial charge in [0.25, 0.3) is 5.91 Å². The topological polar surface area (TPSA) is 41.1 Å². The first kappa shape index (κ1) is 19.7. The van der Waals surface area contributed by atoms with Gasteiger partial charge in [-0.15, -0.1) is 12.4 Å². The second kappa shape index (κ2) is 7.97. The number of alkyl halides is 3. The predicted molar refractivity (Wildman–Crippen MR) is 81.2 cm³/mol. The molecule has 0 radical (unpaired) electrons. The smallest absolute Gasteiger partial charge is 0.349 e. The lowest BCUT2D eigenvalue weighted by molar-refractivity contribution is -0.140. The molecule has 1 amide bonds. The fraction of sp³-hybridized carbons (Fsp3) is 0.533. The molecule has 1 heterocycles. The number of benzene rings is 1. The van der Waals surface area contributed by atoms with Crippen molar-refractivity contribution in [1.82, 2.24) is 10.6 Å². The van der Waals surface area contributed by atoms with Crippen LogP contribution in [0.4, 0.5) is 17.6 Å². The first-order valence-corrected chi connectivity index (χ1v) is 7.18. The van der Waals surface area contributed by atoms with Gasteiger partial charge in [0.1, 0.15) is 5.82 Å². The van der Waals surface area contributed by atoms with Gasteiger partial charge in [-0.05, 0) is 50.9 Å². The number of rotatable bonds is 3. The molecule has 0 spiro atoms.